The monoisotopic (exact) mass is 252 g/mol. The van der Waals surface area contributed by atoms with Crippen LogP contribution in [0.25, 0.3) is 0 Å². The zero-order chi connectivity index (χ0) is 13.9. The van der Waals surface area contributed by atoms with Gasteiger partial charge >= 0.3 is 5.97 Å². The third-order valence-corrected chi connectivity index (χ3v) is 3.64. The van der Waals surface area contributed by atoms with Gasteiger partial charge in [0.1, 0.15) is 5.75 Å². The molecule has 0 heterocycles. The number of rotatable bonds is 5. The molecule has 2 N–H and O–H groups in total. The number of aliphatic carboxylic acids is 1. The van der Waals surface area contributed by atoms with Gasteiger partial charge in [-0.3, -0.25) is 4.79 Å². The van der Waals surface area contributed by atoms with Gasteiger partial charge in [-0.25, -0.2) is 0 Å². The van der Waals surface area contributed by atoms with Crippen LogP contribution in [0.3, 0.4) is 0 Å². The van der Waals surface area contributed by atoms with Gasteiger partial charge < -0.3 is 14.9 Å². The van der Waals surface area contributed by atoms with Gasteiger partial charge in [-0.2, -0.15) is 0 Å². The van der Waals surface area contributed by atoms with Crippen molar-refractivity contribution >= 4 is 5.97 Å². The summed E-state index contributed by atoms with van der Waals surface area (Å²) in [5.74, 6) is -0.183. The van der Waals surface area contributed by atoms with Gasteiger partial charge in [-0.05, 0) is 49.9 Å². The molecule has 18 heavy (non-hydrogen) atoms. The van der Waals surface area contributed by atoms with Crippen LogP contribution in [-0.4, -0.2) is 29.9 Å². The van der Waals surface area contributed by atoms with E-state index < -0.39 is 11.4 Å². The van der Waals surface area contributed by atoms with E-state index in [1.54, 1.807) is 26.2 Å². The highest BCUT2D eigenvalue weighted by atomic mass is 16.5. The summed E-state index contributed by atoms with van der Waals surface area (Å²) in [6.45, 7) is 5.26. The molecule has 0 saturated carbocycles. The van der Waals surface area contributed by atoms with Gasteiger partial charge in [-0.1, -0.05) is 6.07 Å². The van der Waals surface area contributed by atoms with E-state index in [-0.39, 0.29) is 13.0 Å². The molecule has 0 fully saturated rings. The number of carboxylic acids is 1. The molecule has 1 atom stereocenters. The molecular formula is C14H20O4. The summed E-state index contributed by atoms with van der Waals surface area (Å²) in [6, 6.07) is 3.54. The van der Waals surface area contributed by atoms with Gasteiger partial charge in [-0.15, -0.1) is 0 Å². The van der Waals surface area contributed by atoms with E-state index in [9.17, 15) is 9.90 Å². The van der Waals surface area contributed by atoms with Crippen molar-refractivity contribution in [2.75, 3.05) is 13.7 Å². The van der Waals surface area contributed by atoms with E-state index in [0.29, 0.717) is 0 Å². The van der Waals surface area contributed by atoms with E-state index in [1.165, 1.54) is 0 Å². The standard InChI is InChI=1S/C14H20O4/c1-9-10(2)12(18-4)6-5-11(9)14(3,7-8-15)13(16)17/h5-6,15H,7-8H2,1-4H3,(H,16,17). The molecule has 100 valence electrons. The van der Waals surface area contributed by atoms with E-state index in [1.807, 2.05) is 13.8 Å². The van der Waals surface area contributed by atoms with Crippen molar-refractivity contribution in [3.8, 4) is 5.75 Å². The van der Waals surface area contributed by atoms with Crippen LogP contribution in [-0.2, 0) is 10.2 Å². The quantitative estimate of drug-likeness (QED) is 0.841. The predicted molar refractivity (Wildman–Crippen MR) is 69.2 cm³/mol. The average Bonchev–Trinajstić information content (AvgIpc) is 2.32. The fourth-order valence-electron chi connectivity index (χ4n) is 2.20. The molecule has 1 rings (SSSR count). The number of hydrogen-bond acceptors (Lipinski definition) is 3. The molecule has 0 saturated heterocycles. The number of hydrogen-bond donors (Lipinski definition) is 2. The summed E-state index contributed by atoms with van der Waals surface area (Å²) < 4.78 is 5.22. The second kappa shape index (κ2) is 5.40. The molecule has 0 bridgehead atoms. The molecular weight excluding hydrogens is 232 g/mol. The summed E-state index contributed by atoms with van der Waals surface area (Å²) in [5.41, 5.74) is 1.48. The van der Waals surface area contributed by atoms with Crippen LogP contribution in [0.4, 0.5) is 0 Å². The van der Waals surface area contributed by atoms with Crippen LogP contribution >= 0.6 is 0 Å². The molecule has 1 aromatic rings. The second-order valence-corrected chi connectivity index (χ2v) is 4.68. The fraction of sp³-hybridized carbons (Fsp3) is 0.500. The maximum Gasteiger partial charge on any atom is 0.313 e. The Morgan fingerprint density at radius 2 is 1.94 bits per heavy atom. The molecule has 4 nitrogen and oxygen atoms in total. The number of aliphatic hydroxyl groups is 1. The SMILES string of the molecule is COc1ccc(C(C)(CCO)C(=O)O)c(C)c1C. The lowest BCUT2D eigenvalue weighted by Gasteiger charge is -2.27. The van der Waals surface area contributed by atoms with Crippen LogP contribution in [0.5, 0.6) is 5.75 Å². The minimum Gasteiger partial charge on any atom is -0.496 e. The van der Waals surface area contributed by atoms with Crippen molar-refractivity contribution in [1.82, 2.24) is 0 Å². The summed E-state index contributed by atoms with van der Waals surface area (Å²) in [5, 5.41) is 18.5. The van der Waals surface area contributed by atoms with Gasteiger partial charge in [0.15, 0.2) is 0 Å². The third kappa shape index (κ3) is 2.34. The van der Waals surface area contributed by atoms with Crippen LogP contribution in [0.2, 0.25) is 0 Å². The number of methoxy groups -OCH3 is 1. The number of carboxylic acid groups (broad SMARTS) is 1. The molecule has 4 heteroatoms. The summed E-state index contributed by atoms with van der Waals surface area (Å²) in [4.78, 5) is 11.5. The number of carbonyl (C=O) groups is 1. The minimum absolute atomic E-state index is 0.159. The molecule has 0 aromatic heterocycles. The smallest absolute Gasteiger partial charge is 0.313 e. The summed E-state index contributed by atoms with van der Waals surface area (Å²) in [6.07, 6.45) is 0.189. The van der Waals surface area contributed by atoms with Crippen LogP contribution in [0, 0.1) is 13.8 Å². The minimum atomic E-state index is -1.07. The Balaban J connectivity index is 3.39. The van der Waals surface area contributed by atoms with Crippen molar-refractivity contribution in [1.29, 1.82) is 0 Å². The first-order valence-corrected chi connectivity index (χ1v) is 5.87. The Bertz CT molecular complexity index is 453. The highest BCUT2D eigenvalue weighted by Crippen LogP contribution is 2.34. The first-order valence-electron chi connectivity index (χ1n) is 5.87. The highest BCUT2D eigenvalue weighted by Gasteiger charge is 2.36. The maximum atomic E-state index is 11.5. The largest absolute Gasteiger partial charge is 0.496 e. The molecule has 1 unspecified atom stereocenters. The fourth-order valence-corrected chi connectivity index (χ4v) is 2.20. The maximum absolute atomic E-state index is 11.5. The normalized spacial score (nSPS) is 14.1. The first kappa shape index (κ1) is 14.5. The molecule has 0 radical (unpaired) electrons. The Hall–Kier alpha value is -1.55. The van der Waals surface area contributed by atoms with Gasteiger partial charge in [0, 0.05) is 6.61 Å². The number of aliphatic hydroxyl groups excluding tert-OH is 1. The Morgan fingerprint density at radius 1 is 1.33 bits per heavy atom. The average molecular weight is 252 g/mol. The Labute approximate surface area is 107 Å². The third-order valence-electron chi connectivity index (χ3n) is 3.64. The summed E-state index contributed by atoms with van der Waals surface area (Å²) >= 11 is 0. The van der Waals surface area contributed by atoms with Crippen molar-refractivity contribution < 1.29 is 19.7 Å². The lowest BCUT2D eigenvalue weighted by Crippen LogP contribution is -2.34. The molecule has 0 aliphatic carbocycles. The van der Waals surface area contributed by atoms with Crippen molar-refractivity contribution in [3.05, 3.63) is 28.8 Å². The van der Waals surface area contributed by atoms with Gasteiger partial charge in [0.05, 0.1) is 12.5 Å². The zero-order valence-corrected chi connectivity index (χ0v) is 11.3. The topological polar surface area (TPSA) is 66.8 Å². The zero-order valence-electron chi connectivity index (χ0n) is 11.3. The van der Waals surface area contributed by atoms with Gasteiger partial charge in [0.25, 0.3) is 0 Å². The van der Waals surface area contributed by atoms with Crippen LogP contribution in [0.1, 0.15) is 30.0 Å². The lowest BCUT2D eigenvalue weighted by atomic mass is 9.76. The molecule has 0 aliphatic rings. The number of ether oxygens (including phenoxy) is 1. The molecule has 0 amide bonds. The Morgan fingerprint density at radius 3 is 2.39 bits per heavy atom. The highest BCUT2D eigenvalue weighted by molar-refractivity contribution is 5.81. The molecule has 0 spiro atoms. The molecule has 0 aliphatic heterocycles. The lowest BCUT2D eigenvalue weighted by molar-refractivity contribution is -0.143. The predicted octanol–water partition coefficient (Wildman–Crippen LogP) is 2.04. The molecule has 1 aromatic carbocycles. The van der Waals surface area contributed by atoms with Gasteiger partial charge in [0.2, 0.25) is 0 Å². The van der Waals surface area contributed by atoms with E-state index in [2.05, 4.69) is 0 Å². The van der Waals surface area contributed by atoms with Crippen molar-refractivity contribution in [3.63, 3.8) is 0 Å². The number of benzene rings is 1. The Kier molecular flexibility index (Phi) is 4.35. The van der Waals surface area contributed by atoms with Crippen LogP contribution < -0.4 is 4.74 Å². The van der Waals surface area contributed by atoms with E-state index >= 15 is 0 Å². The van der Waals surface area contributed by atoms with Crippen LogP contribution in [0.15, 0.2) is 12.1 Å². The summed E-state index contributed by atoms with van der Waals surface area (Å²) in [7, 11) is 1.59. The van der Waals surface area contributed by atoms with Crippen molar-refractivity contribution in [2.24, 2.45) is 0 Å². The van der Waals surface area contributed by atoms with E-state index in [4.69, 9.17) is 9.84 Å². The van der Waals surface area contributed by atoms with E-state index in [0.717, 1.165) is 22.4 Å². The first-order chi connectivity index (χ1) is 8.38. The van der Waals surface area contributed by atoms with Crippen molar-refractivity contribution in [2.45, 2.75) is 32.6 Å². The second-order valence-electron chi connectivity index (χ2n) is 4.68.